The maximum atomic E-state index is 12.8. The van der Waals surface area contributed by atoms with Gasteiger partial charge in [-0.25, -0.2) is 0 Å². The molecule has 0 aromatic carbocycles. The first kappa shape index (κ1) is 66.3. The van der Waals surface area contributed by atoms with E-state index in [1.54, 1.807) is 0 Å². The first-order chi connectivity index (χ1) is 34.5. The van der Waals surface area contributed by atoms with Crippen LogP contribution in [-0.4, -0.2) is 37.2 Å². The number of rotatable bonds is 52. The first-order valence-electron chi connectivity index (χ1n) is 29.2. The smallest absolute Gasteiger partial charge is 0.306 e. The van der Waals surface area contributed by atoms with Crippen LogP contribution in [0, 0.1) is 0 Å². The van der Waals surface area contributed by atoms with E-state index in [1.807, 2.05) is 12.2 Å². The van der Waals surface area contributed by atoms with E-state index in [0.717, 1.165) is 83.5 Å². The minimum Gasteiger partial charge on any atom is -0.462 e. The molecule has 0 N–H and O–H groups in total. The quantitative estimate of drug-likeness (QED) is 0.0262. The van der Waals surface area contributed by atoms with E-state index in [-0.39, 0.29) is 44.0 Å². The molecule has 70 heavy (non-hydrogen) atoms. The number of hydrogen-bond acceptors (Lipinski definition) is 6. The zero-order valence-corrected chi connectivity index (χ0v) is 45.8. The number of ether oxygens (including phenoxy) is 3. The Morgan fingerprint density at radius 3 is 0.957 bits per heavy atom. The van der Waals surface area contributed by atoms with Gasteiger partial charge >= 0.3 is 17.9 Å². The van der Waals surface area contributed by atoms with Crippen molar-refractivity contribution in [1.29, 1.82) is 0 Å². The Hall–Kier alpha value is -3.67. The summed E-state index contributed by atoms with van der Waals surface area (Å²) in [5.41, 5.74) is 0. The summed E-state index contributed by atoms with van der Waals surface area (Å²) in [4.78, 5) is 38.1. The third-order valence-electron chi connectivity index (χ3n) is 12.3. The summed E-state index contributed by atoms with van der Waals surface area (Å²) in [7, 11) is 0. The molecule has 1 unspecified atom stereocenters. The van der Waals surface area contributed by atoms with Crippen molar-refractivity contribution in [2.75, 3.05) is 13.2 Å². The molecule has 0 saturated heterocycles. The lowest BCUT2D eigenvalue weighted by Crippen LogP contribution is -2.30. The standard InChI is InChI=1S/C64H108O6/c1-4-7-10-13-16-19-22-25-27-28-29-30-31-32-33-34-35-37-39-42-45-48-51-54-57-63(66)69-60-61(59-68-62(65)56-53-50-47-44-41-38-24-21-18-15-12-9-6-3)70-64(67)58-55-52-49-46-43-40-36-26-23-20-17-14-11-8-5-2/h8-9,11-12,17-18,20-21,26,36,38,41,43,46-47,50,61H,4-7,10,13-16,19,22-25,27-35,37,39-40,42,44-45,48-49,51-60H2,1-3H3/b11-8-,12-9-,20-17-,21-18-,36-26-,41-38-,46-43-,50-47-. The van der Waals surface area contributed by atoms with Crippen LogP contribution < -0.4 is 0 Å². The van der Waals surface area contributed by atoms with Gasteiger partial charge in [0.05, 0.1) is 0 Å². The van der Waals surface area contributed by atoms with Gasteiger partial charge in [-0.2, -0.15) is 0 Å². The van der Waals surface area contributed by atoms with Crippen molar-refractivity contribution in [3.63, 3.8) is 0 Å². The largest absolute Gasteiger partial charge is 0.462 e. The van der Waals surface area contributed by atoms with Crippen molar-refractivity contribution >= 4 is 17.9 Å². The zero-order chi connectivity index (χ0) is 50.7. The first-order valence-corrected chi connectivity index (χ1v) is 29.2. The Morgan fingerprint density at radius 1 is 0.300 bits per heavy atom. The molecular formula is C64H108O6. The van der Waals surface area contributed by atoms with E-state index < -0.39 is 6.10 Å². The van der Waals surface area contributed by atoms with Crippen LogP contribution >= 0.6 is 0 Å². The van der Waals surface area contributed by atoms with Crippen LogP contribution in [0.5, 0.6) is 0 Å². The molecule has 0 aliphatic heterocycles. The lowest BCUT2D eigenvalue weighted by Gasteiger charge is -2.18. The predicted octanol–water partition coefficient (Wildman–Crippen LogP) is 19.7. The summed E-state index contributed by atoms with van der Waals surface area (Å²) in [6.07, 6.45) is 77.2. The van der Waals surface area contributed by atoms with Crippen molar-refractivity contribution in [1.82, 2.24) is 0 Å². The normalized spacial score (nSPS) is 12.8. The Kier molecular flexibility index (Phi) is 54.9. The fraction of sp³-hybridized carbons (Fsp3) is 0.703. The molecule has 1 atom stereocenters. The lowest BCUT2D eigenvalue weighted by atomic mass is 10.0. The second-order valence-corrected chi connectivity index (χ2v) is 19.1. The van der Waals surface area contributed by atoms with Crippen molar-refractivity contribution in [2.45, 2.75) is 277 Å². The van der Waals surface area contributed by atoms with E-state index in [1.165, 1.54) is 135 Å². The summed E-state index contributed by atoms with van der Waals surface area (Å²) >= 11 is 0. The number of allylic oxidation sites excluding steroid dienone is 16. The molecule has 6 heteroatoms. The zero-order valence-electron chi connectivity index (χ0n) is 45.8. The minimum absolute atomic E-state index is 0.115. The summed E-state index contributed by atoms with van der Waals surface area (Å²) in [5.74, 6) is -1.04. The van der Waals surface area contributed by atoms with Crippen LogP contribution in [0.1, 0.15) is 271 Å². The maximum Gasteiger partial charge on any atom is 0.306 e. The van der Waals surface area contributed by atoms with Gasteiger partial charge in [-0.3, -0.25) is 14.4 Å². The van der Waals surface area contributed by atoms with Crippen LogP contribution in [0.4, 0.5) is 0 Å². The molecule has 0 aromatic rings. The van der Waals surface area contributed by atoms with Gasteiger partial charge in [0.1, 0.15) is 13.2 Å². The summed E-state index contributed by atoms with van der Waals surface area (Å²) < 4.78 is 16.7. The van der Waals surface area contributed by atoms with E-state index in [4.69, 9.17) is 14.2 Å². The number of hydrogen-bond donors (Lipinski definition) is 0. The molecule has 0 rings (SSSR count). The Labute approximate surface area is 432 Å². The van der Waals surface area contributed by atoms with Crippen molar-refractivity contribution in [2.24, 2.45) is 0 Å². The molecule has 0 fully saturated rings. The topological polar surface area (TPSA) is 78.9 Å². The van der Waals surface area contributed by atoms with Crippen LogP contribution in [0.15, 0.2) is 97.2 Å². The predicted molar refractivity (Wildman–Crippen MR) is 302 cm³/mol. The Morgan fingerprint density at radius 2 is 0.586 bits per heavy atom. The van der Waals surface area contributed by atoms with Gasteiger partial charge in [0.15, 0.2) is 6.10 Å². The minimum atomic E-state index is -0.827. The second-order valence-electron chi connectivity index (χ2n) is 19.1. The van der Waals surface area contributed by atoms with E-state index in [2.05, 4.69) is 106 Å². The van der Waals surface area contributed by atoms with Crippen LogP contribution in [-0.2, 0) is 28.6 Å². The van der Waals surface area contributed by atoms with Gasteiger partial charge in [0.25, 0.3) is 0 Å². The highest BCUT2D eigenvalue weighted by Crippen LogP contribution is 2.16. The van der Waals surface area contributed by atoms with Gasteiger partial charge in [-0.1, -0.05) is 266 Å². The van der Waals surface area contributed by atoms with Crippen LogP contribution in [0.3, 0.4) is 0 Å². The highest BCUT2D eigenvalue weighted by atomic mass is 16.6. The fourth-order valence-corrected chi connectivity index (χ4v) is 8.04. The summed E-state index contributed by atoms with van der Waals surface area (Å²) in [5, 5.41) is 0. The highest BCUT2D eigenvalue weighted by Gasteiger charge is 2.19. The molecule has 0 spiro atoms. The molecule has 400 valence electrons. The molecule has 0 saturated carbocycles. The van der Waals surface area contributed by atoms with Crippen molar-refractivity contribution < 1.29 is 28.6 Å². The maximum absolute atomic E-state index is 12.8. The molecular weight excluding hydrogens is 865 g/mol. The fourth-order valence-electron chi connectivity index (χ4n) is 8.04. The SMILES string of the molecule is CC/C=C\C/C=C\C/C=C\C/C=C\CCCCC(=O)OC(COC(=O)CC/C=C\C/C=C\C/C=C\C/C=C\CC)COC(=O)CCCCCCCCCCCCCCCCCCCCCCCCCC. The van der Waals surface area contributed by atoms with Crippen LogP contribution in [0.25, 0.3) is 0 Å². The number of esters is 3. The average Bonchev–Trinajstić information content (AvgIpc) is 3.36. The van der Waals surface area contributed by atoms with Gasteiger partial charge in [0, 0.05) is 19.3 Å². The monoisotopic (exact) mass is 973 g/mol. The van der Waals surface area contributed by atoms with Crippen molar-refractivity contribution in [3.05, 3.63) is 97.2 Å². The second kappa shape index (κ2) is 57.9. The number of carbonyl (C=O) groups excluding carboxylic acids is 3. The van der Waals surface area contributed by atoms with Crippen LogP contribution in [0.2, 0.25) is 0 Å². The third kappa shape index (κ3) is 55.3. The molecule has 0 aliphatic rings. The molecule has 0 aromatic heterocycles. The molecule has 0 aliphatic carbocycles. The Balaban J connectivity index is 4.36. The van der Waals surface area contributed by atoms with E-state index in [9.17, 15) is 14.4 Å². The third-order valence-corrected chi connectivity index (χ3v) is 12.3. The van der Waals surface area contributed by atoms with Crippen molar-refractivity contribution in [3.8, 4) is 0 Å². The van der Waals surface area contributed by atoms with E-state index >= 15 is 0 Å². The summed E-state index contributed by atoms with van der Waals surface area (Å²) in [6, 6.07) is 0. The average molecular weight is 974 g/mol. The Bertz CT molecular complexity index is 1400. The number of carbonyl (C=O) groups is 3. The lowest BCUT2D eigenvalue weighted by molar-refractivity contribution is -0.166. The van der Waals surface area contributed by atoms with E-state index in [0.29, 0.717) is 19.3 Å². The van der Waals surface area contributed by atoms with Gasteiger partial charge in [-0.15, -0.1) is 0 Å². The molecule has 6 nitrogen and oxygen atoms in total. The molecule has 0 heterocycles. The summed E-state index contributed by atoms with van der Waals surface area (Å²) in [6.45, 7) is 6.33. The van der Waals surface area contributed by atoms with Gasteiger partial charge in [0.2, 0.25) is 0 Å². The molecule has 0 bridgehead atoms. The number of unbranched alkanes of at least 4 members (excludes halogenated alkanes) is 25. The van der Waals surface area contributed by atoms with Gasteiger partial charge < -0.3 is 14.2 Å². The molecule has 0 amide bonds. The van der Waals surface area contributed by atoms with Gasteiger partial charge in [-0.05, 0) is 83.5 Å². The molecule has 0 radical (unpaired) electrons. The highest BCUT2D eigenvalue weighted by molar-refractivity contribution is 5.71.